The number of nitrogens with zero attached hydrogens (tertiary/aromatic N) is 2. The van der Waals surface area contributed by atoms with E-state index in [1.165, 1.54) is 24.3 Å². The average Bonchev–Trinajstić information content (AvgIpc) is 3.02. The third kappa shape index (κ3) is 2.96. The van der Waals surface area contributed by atoms with Crippen LogP contribution >= 0.6 is 11.6 Å². The molecule has 110 valence electrons. The summed E-state index contributed by atoms with van der Waals surface area (Å²) in [6.45, 7) is 0. The number of hydrogen-bond donors (Lipinski definition) is 1. The number of pyridine rings is 1. The smallest absolute Gasteiger partial charge is 0.277 e. The van der Waals surface area contributed by atoms with Gasteiger partial charge in [-0.25, -0.2) is 4.39 Å². The van der Waals surface area contributed by atoms with E-state index >= 15 is 0 Å². The van der Waals surface area contributed by atoms with Crippen LogP contribution < -0.4 is 5.32 Å². The number of nitrogens with one attached hydrogen (secondary N) is 1. The van der Waals surface area contributed by atoms with Crippen LogP contribution in [0.5, 0.6) is 0 Å². The maximum Gasteiger partial charge on any atom is 0.277 e. The van der Waals surface area contributed by atoms with Gasteiger partial charge in [-0.3, -0.25) is 9.78 Å². The molecule has 22 heavy (non-hydrogen) atoms. The van der Waals surface area contributed by atoms with E-state index < -0.39 is 11.7 Å². The van der Waals surface area contributed by atoms with Gasteiger partial charge in [-0.2, -0.15) is 0 Å². The van der Waals surface area contributed by atoms with Crippen LogP contribution in [0.4, 0.5) is 10.1 Å². The molecule has 1 amide bonds. The number of anilines is 1. The van der Waals surface area contributed by atoms with Gasteiger partial charge in [0, 0.05) is 29.7 Å². The van der Waals surface area contributed by atoms with Crippen molar-refractivity contribution in [1.82, 2.24) is 10.1 Å². The van der Waals surface area contributed by atoms with Crippen molar-refractivity contribution in [2.24, 2.45) is 0 Å². The first-order valence-electron chi connectivity index (χ1n) is 6.27. The quantitative estimate of drug-likeness (QED) is 0.798. The van der Waals surface area contributed by atoms with Crippen molar-refractivity contribution in [3.8, 4) is 11.3 Å². The van der Waals surface area contributed by atoms with Gasteiger partial charge < -0.3 is 9.84 Å². The summed E-state index contributed by atoms with van der Waals surface area (Å²) in [7, 11) is 0. The lowest BCUT2D eigenvalue weighted by Gasteiger charge is -2.03. The lowest BCUT2D eigenvalue weighted by atomic mass is 10.2. The van der Waals surface area contributed by atoms with Crippen LogP contribution in [0.3, 0.4) is 0 Å². The minimum Gasteiger partial charge on any atom is -0.355 e. The second-order valence-electron chi connectivity index (χ2n) is 4.40. The van der Waals surface area contributed by atoms with E-state index in [1.54, 1.807) is 24.5 Å². The number of benzene rings is 1. The minimum atomic E-state index is -0.556. The molecule has 0 radical (unpaired) electrons. The van der Waals surface area contributed by atoms with E-state index in [4.69, 9.17) is 16.1 Å². The summed E-state index contributed by atoms with van der Waals surface area (Å²) < 4.78 is 18.2. The van der Waals surface area contributed by atoms with Crippen molar-refractivity contribution in [2.75, 3.05) is 5.32 Å². The highest BCUT2D eigenvalue weighted by atomic mass is 35.5. The SMILES string of the molecule is O=C(Nc1ccc(F)c(Cl)c1)c1cc(-c2cccnc2)on1. The van der Waals surface area contributed by atoms with Crippen LogP contribution in [-0.4, -0.2) is 16.0 Å². The van der Waals surface area contributed by atoms with E-state index in [1.807, 2.05) is 0 Å². The Bertz CT molecular complexity index is 821. The molecule has 0 spiro atoms. The number of aromatic nitrogens is 2. The standard InChI is InChI=1S/C15H9ClFN3O2/c16-11-6-10(3-4-12(11)17)19-15(21)13-7-14(22-20-13)9-2-1-5-18-8-9/h1-8H,(H,19,21). The van der Waals surface area contributed by atoms with E-state index in [0.717, 1.165) is 0 Å². The molecule has 1 N–H and O–H groups in total. The maximum absolute atomic E-state index is 13.1. The van der Waals surface area contributed by atoms with E-state index in [2.05, 4.69) is 15.5 Å². The molecule has 2 aromatic heterocycles. The largest absolute Gasteiger partial charge is 0.355 e. The fourth-order valence-electron chi connectivity index (χ4n) is 1.80. The Morgan fingerprint density at radius 3 is 2.86 bits per heavy atom. The Morgan fingerprint density at radius 2 is 2.14 bits per heavy atom. The van der Waals surface area contributed by atoms with Gasteiger partial charge in [0.1, 0.15) is 5.82 Å². The normalized spacial score (nSPS) is 10.5. The Morgan fingerprint density at radius 1 is 1.27 bits per heavy atom. The molecule has 0 unspecified atom stereocenters. The van der Waals surface area contributed by atoms with Crippen molar-refractivity contribution in [3.63, 3.8) is 0 Å². The first-order chi connectivity index (χ1) is 10.6. The zero-order chi connectivity index (χ0) is 15.5. The Balaban J connectivity index is 1.78. The molecule has 3 rings (SSSR count). The fraction of sp³-hybridized carbons (Fsp3) is 0. The monoisotopic (exact) mass is 317 g/mol. The van der Waals surface area contributed by atoms with Gasteiger partial charge >= 0.3 is 0 Å². The third-order valence-corrected chi connectivity index (χ3v) is 3.16. The second-order valence-corrected chi connectivity index (χ2v) is 4.81. The molecule has 0 fully saturated rings. The van der Waals surface area contributed by atoms with Crippen LogP contribution in [0.1, 0.15) is 10.5 Å². The summed E-state index contributed by atoms with van der Waals surface area (Å²) in [5.74, 6) is -0.614. The predicted octanol–water partition coefficient (Wildman–Crippen LogP) is 3.78. The van der Waals surface area contributed by atoms with Gasteiger partial charge in [0.2, 0.25) is 0 Å². The van der Waals surface area contributed by atoms with E-state index in [-0.39, 0.29) is 10.7 Å². The third-order valence-electron chi connectivity index (χ3n) is 2.87. The maximum atomic E-state index is 13.1. The molecule has 0 aliphatic carbocycles. The summed E-state index contributed by atoms with van der Waals surface area (Å²) in [4.78, 5) is 16.0. The molecule has 0 aliphatic rings. The summed E-state index contributed by atoms with van der Waals surface area (Å²) in [5.41, 5.74) is 1.17. The van der Waals surface area contributed by atoms with Crippen LogP contribution in [0.25, 0.3) is 11.3 Å². The van der Waals surface area contributed by atoms with Crippen LogP contribution in [0, 0.1) is 5.82 Å². The van der Waals surface area contributed by atoms with E-state index in [9.17, 15) is 9.18 Å². The molecular weight excluding hydrogens is 309 g/mol. The number of rotatable bonds is 3. The first kappa shape index (κ1) is 14.2. The van der Waals surface area contributed by atoms with Crippen molar-refractivity contribution in [1.29, 1.82) is 0 Å². The zero-order valence-corrected chi connectivity index (χ0v) is 11.8. The van der Waals surface area contributed by atoms with Gasteiger partial charge in [-0.15, -0.1) is 0 Å². The number of carbonyl (C=O) groups excluding carboxylic acids is 1. The van der Waals surface area contributed by atoms with Gasteiger partial charge in [0.15, 0.2) is 11.5 Å². The highest BCUT2D eigenvalue weighted by Gasteiger charge is 2.14. The molecule has 2 heterocycles. The Kier molecular flexibility index (Phi) is 3.84. The molecular formula is C15H9ClFN3O2. The highest BCUT2D eigenvalue weighted by Crippen LogP contribution is 2.21. The zero-order valence-electron chi connectivity index (χ0n) is 11.1. The second kappa shape index (κ2) is 5.95. The van der Waals surface area contributed by atoms with Crippen molar-refractivity contribution >= 4 is 23.2 Å². The lowest BCUT2D eigenvalue weighted by Crippen LogP contribution is -2.12. The summed E-state index contributed by atoms with van der Waals surface area (Å²) >= 11 is 5.66. The number of carbonyl (C=O) groups is 1. The van der Waals surface area contributed by atoms with Gasteiger partial charge in [-0.1, -0.05) is 16.8 Å². The van der Waals surface area contributed by atoms with Crippen LogP contribution in [-0.2, 0) is 0 Å². The van der Waals surface area contributed by atoms with Crippen molar-refractivity contribution in [2.45, 2.75) is 0 Å². The summed E-state index contributed by atoms with van der Waals surface area (Å²) in [5, 5.41) is 6.19. The van der Waals surface area contributed by atoms with Gasteiger partial charge in [0.25, 0.3) is 5.91 Å². The lowest BCUT2D eigenvalue weighted by molar-refractivity contribution is 0.101. The minimum absolute atomic E-state index is 0.0750. The Hall–Kier alpha value is -2.73. The number of hydrogen-bond acceptors (Lipinski definition) is 4. The van der Waals surface area contributed by atoms with Crippen molar-refractivity contribution < 1.29 is 13.7 Å². The highest BCUT2D eigenvalue weighted by molar-refractivity contribution is 6.31. The summed E-state index contributed by atoms with van der Waals surface area (Å²) in [6.07, 6.45) is 3.23. The molecule has 0 saturated heterocycles. The molecule has 0 saturated carbocycles. The fourth-order valence-corrected chi connectivity index (χ4v) is 1.98. The molecule has 0 atom stereocenters. The molecule has 3 aromatic rings. The summed E-state index contributed by atoms with van der Waals surface area (Å²) in [6, 6.07) is 8.92. The molecule has 5 nitrogen and oxygen atoms in total. The topological polar surface area (TPSA) is 68.0 Å². The van der Waals surface area contributed by atoms with E-state index in [0.29, 0.717) is 17.0 Å². The average molecular weight is 318 g/mol. The molecule has 7 heteroatoms. The molecule has 1 aromatic carbocycles. The number of amides is 1. The molecule has 0 aliphatic heterocycles. The molecule has 0 bridgehead atoms. The van der Waals surface area contributed by atoms with Gasteiger partial charge in [-0.05, 0) is 30.3 Å². The van der Waals surface area contributed by atoms with Crippen molar-refractivity contribution in [3.05, 3.63) is 65.3 Å². The van der Waals surface area contributed by atoms with Gasteiger partial charge in [0.05, 0.1) is 5.02 Å². The predicted molar refractivity (Wildman–Crippen MR) is 79.1 cm³/mol. The Labute approximate surface area is 129 Å². The number of halogens is 2. The van der Waals surface area contributed by atoms with Crippen LogP contribution in [0.15, 0.2) is 53.3 Å². The van der Waals surface area contributed by atoms with Crippen LogP contribution in [0.2, 0.25) is 5.02 Å². The first-order valence-corrected chi connectivity index (χ1v) is 6.65.